The van der Waals surface area contributed by atoms with Gasteiger partial charge in [0.15, 0.2) is 6.61 Å². The number of amides is 1. The van der Waals surface area contributed by atoms with Gasteiger partial charge in [-0.25, -0.2) is 4.39 Å². The lowest BCUT2D eigenvalue weighted by Gasteiger charge is -2.12. The molecule has 1 aromatic rings. The summed E-state index contributed by atoms with van der Waals surface area (Å²) >= 11 is 0. The molecule has 1 amide bonds. The first-order chi connectivity index (χ1) is 9.67. The van der Waals surface area contributed by atoms with Gasteiger partial charge >= 0.3 is 0 Å². The van der Waals surface area contributed by atoms with Crippen molar-refractivity contribution in [1.29, 1.82) is 5.26 Å². The highest BCUT2D eigenvalue weighted by Gasteiger charge is 2.08. The quantitative estimate of drug-likeness (QED) is 0.704. The summed E-state index contributed by atoms with van der Waals surface area (Å²) in [5, 5.41) is 14.0. The zero-order valence-electron chi connectivity index (χ0n) is 11.4. The third-order valence-electron chi connectivity index (χ3n) is 2.51. The van der Waals surface area contributed by atoms with Crippen molar-refractivity contribution in [3.05, 3.63) is 29.6 Å². The van der Waals surface area contributed by atoms with Crippen molar-refractivity contribution in [3.8, 4) is 11.8 Å². The first kappa shape index (κ1) is 15.9. The zero-order valence-corrected chi connectivity index (χ0v) is 11.4. The highest BCUT2D eigenvalue weighted by molar-refractivity contribution is 5.77. The van der Waals surface area contributed by atoms with Crippen molar-refractivity contribution < 1.29 is 13.9 Å². The van der Waals surface area contributed by atoms with Crippen molar-refractivity contribution >= 4 is 5.91 Å². The van der Waals surface area contributed by atoms with Gasteiger partial charge < -0.3 is 15.4 Å². The molecule has 0 aliphatic rings. The molecule has 20 heavy (non-hydrogen) atoms. The fourth-order valence-corrected chi connectivity index (χ4v) is 1.54. The maximum atomic E-state index is 13.2. The predicted octanol–water partition coefficient (Wildman–Crippen LogP) is 1.34. The Morgan fingerprint density at radius 3 is 3.00 bits per heavy atom. The third kappa shape index (κ3) is 5.67. The fourth-order valence-electron chi connectivity index (χ4n) is 1.54. The number of carbonyl (C=O) groups is 1. The molecule has 0 aromatic heterocycles. The molecule has 108 valence electrons. The number of hydrogen-bond acceptors (Lipinski definition) is 4. The van der Waals surface area contributed by atoms with Gasteiger partial charge in [-0.2, -0.15) is 5.26 Å². The number of rotatable bonds is 8. The number of hydrogen-bond donors (Lipinski definition) is 2. The molecule has 0 heterocycles. The van der Waals surface area contributed by atoms with Crippen LogP contribution in [0.15, 0.2) is 18.2 Å². The fraction of sp³-hybridized carbons (Fsp3) is 0.429. The molecule has 0 saturated carbocycles. The molecule has 0 unspecified atom stereocenters. The van der Waals surface area contributed by atoms with E-state index < -0.39 is 0 Å². The number of halogens is 1. The van der Waals surface area contributed by atoms with Gasteiger partial charge in [0.05, 0.1) is 12.5 Å². The van der Waals surface area contributed by atoms with E-state index in [1.165, 1.54) is 18.2 Å². The monoisotopic (exact) mass is 279 g/mol. The standard InChI is InChI=1S/C14H18FN3O2/c1-2-17-9-11-8-12(15)4-5-13(11)20-10-14(19)18-7-3-6-16/h4-5,8,17H,2-3,7,9-10H2,1H3,(H,18,19). The predicted molar refractivity (Wildman–Crippen MR) is 72.5 cm³/mol. The van der Waals surface area contributed by atoms with Crippen LogP contribution in [0.2, 0.25) is 0 Å². The molecule has 0 atom stereocenters. The van der Waals surface area contributed by atoms with Crippen LogP contribution in [0.3, 0.4) is 0 Å². The summed E-state index contributed by atoms with van der Waals surface area (Å²) in [6.45, 7) is 3.31. The highest BCUT2D eigenvalue weighted by Crippen LogP contribution is 2.19. The number of benzene rings is 1. The van der Waals surface area contributed by atoms with Crippen molar-refractivity contribution in [2.24, 2.45) is 0 Å². The van der Waals surface area contributed by atoms with Gasteiger partial charge in [-0.3, -0.25) is 4.79 Å². The van der Waals surface area contributed by atoms with E-state index >= 15 is 0 Å². The minimum Gasteiger partial charge on any atom is -0.483 e. The van der Waals surface area contributed by atoms with Crippen molar-refractivity contribution in [1.82, 2.24) is 10.6 Å². The number of nitrogens with one attached hydrogen (secondary N) is 2. The number of carbonyl (C=O) groups excluding carboxylic acids is 1. The highest BCUT2D eigenvalue weighted by atomic mass is 19.1. The molecule has 2 N–H and O–H groups in total. The maximum Gasteiger partial charge on any atom is 0.257 e. The van der Waals surface area contributed by atoms with Gasteiger partial charge in [-0.05, 0) is 24.7 Å². The Balaban J connectivity index is 2.54. The van der Waals surface area contributed by atoms with E-state index in [-0.39, 0.29) is 24.8 Å². The lowest BCUT2D eigenvalue weighted by molar-refractivity contribution is -0.123. The van der Waals surface area contributed by atoms with Crippen LogP contribution in [-0.2, 0) is 11.3 Å². The first-order valence-electron chi connectivity index (χ1n) is 6.43. The summed E-state index contributed by atoms with van der Waals surface area (Å²) in [6.07, 6.45) is 0.258. The Hall–Kier alpha value is -2.13. The average Bonchev–Trinajstić information content (AvgIpc) is 2.44. The van der Waals surface area contributed by atoms with Gasteiger partial charge in [0.2, 0.25) is 0 Å². The molecule has 1 rings (SSSR count). The van der Waals surface area contributed by atoms with Crippen LogP contribution in [0.1, 0.15) is 18.9 Å². The van der Waals surface area contributed by atoms with E-state index in [4.69, 9.17) is 10.00 Å². The minimum atomic E-state index is -0.344. The molecule has 6 heteroatoms. The van der Waals surface area contributed by atoms with Crippen LogP contribution in [0, 0.1) is 17.1 Å². The summed E-state index contributed by atoms with van der Waals surface area (Å²) in [4.78, 5) is 11.4. The SMILES string of the molecule is CCNCc1cc(F)ccc1OCC(=O)NCCC#N. The van der Waals surface area contributed by atoms with Crippen LogP contribution in [0.4, 0.5) is 4.39 Å². The second-order valence-electron chi connectivity index (χ2n) is 4.08. The molecule has 0 spiro atoms. The van der Waals surface area contributed by atoms with Gasteiger partial charge in [0, 0.05) is 18.7 Å². The first-order valence-corrected chi connectivity index (χ1v) is 6.43. The van der Waals surface area contributed by atoms with Crippen LogP contribution >= 0.6 is 0 Å². The average molecular weight is 279 g/mol. The minimum absolute atomic E-state index is 0.157. The summed E-state index contributed by atoms with van der Waals surface area (Å²) in [5.74, 6) is -0.175. The van der Waals surface area contributed by atoms with E-state index in [0.717, 1.165) is 6.54 Å². The van der Waals surface area contributed by atoms with Gasteiger partial charge in [0.1, 0.15) is 11.6 Å². The largest absolute Gasteiger partial charge is 0.483 e. The molecule has 0 aliphatic carbocycles. The second-order valence-corrected chi connectivity index (χ2v) is 4.08. The maximum absolute atomic E-state index is 13.2. The molecule has 0 aliphatic heterocycles. The Kier molecular flexibility index (Phi) is 7.07. The van der Waals surface area contributed by atoms with Gasteiger partial charge in [-0.15, -0.1) is 0 Å². The number of nitriles is 1. The molecule has 5 nitrogen and oxygen atoms in total. The molecule has 0 bridgehead atoms. The molecular weight excluding hydrogens is 261 g/mol. The molecule has 0 radical (unpaired) electrons. The van der Waals surface area contributed by atoms with Crippen LogP contribution in [-0.4, -0.2) is 25.6 Å². The van der Waals surface area contributed by atoms with E-state index in [1.54, 1.807) is 0 Å². The summed E-state index contributed by atoms with van der Waals surface area (Å²) in [6, 6.07) is 6.10. The zero-order chi connectivity index (χ0) is 14.8. The van der Waals surface area contributed by atoms with E-state index in [9.17, 15) is 9.18 Å². The second kappa shape index (κ2) is 8.88. The summed E-state index contributed by atoms with van der Waals surface area (Å²) in [7, 11) is 0. The lowest BCUT2D eigenvalue weighted by Crippen LogP contribution is -2.29. The lowest BCUT2D eigenvalue weighted by atomic mass is 10.2. The smallest absolute Gasteiger partial charge is 0.257 e. The molecule has 0 saturated heterocycles. The van der Waals surface area contributed by atoms with Gasteiger partial charge in [-0.1, -0.05) is 6.92 Å². The Morgan fingerprint density at radius 1 is 1.50 bits per heavy atom. The third-order valence-corrected chi connectivity index (χ3v) is 2.51. The Bertz CT molecular complexity index is 486. The molecule has 1 aromatic carbocycles. The molecular formula is C14H18FN3O2. The van der Waals surface area contributed by atoms with E-state index in [0.29, 0.717) is 24.4 Å². The van der Waals surface area contributed by atoms with E-state index in [1.807, 2.05) is 13.0 Å². The van der Waals surface area contributed by atoms with Crippen LogP contribution in [0.25, 0.3) is 0 Å². The van der Waals surface area contributed by atoms with Crippen molar-refractivity contribution in [3.63, 3.8) is 0 Å². The van der Waals surface area contributed by atoms with Crippen molar-refractivity contribution in [2.45, 2.75) is 19.9 Å². The molecule has 0 fully saturated rings. The van der Waals surface area contributed by atoms with E-state index in [2.05, 4.69) is 10.6 Å². The van der Waals surface area contributed by atoms with Crippen LogP contribution in [0.5, 0.6) is 5.75 Å². The normalized spacial score (nSPS) is 9.85. The Morgan fingerprint density at radius 2 is 2.30 bits per heavy atom. The Labute approximate surface area is 117 Å². The van der Waals surface area contributed by atoms with Crippen molar-refractivity contribution in [2.75, 3.05) is 19.7 Å². The summed E-state index contributed by atoms with van der Waals surface area (Å²) < 4.78 is 18.6. The van der Waals surface area contributed by atoms with Crippen LogP contribution < -0.4 is 15.4 Å². The topological polar surface area (TPSA) is 74.2 Å². The van der Waals surface area contributed by atoms with Gasteiger partial charge in [0.25, 0.3) is 5.91 Å². The number of ether oxygens (including phenoxy) is 1. The number of nitrogens with zero attached hydrogens (tertiary/aromatic N) is 1. The summed E-state index contributed by atoms with van der Waals surface area (Å²) in [5.41, 5.74) is 0.664.